The molecular formula is C15H12ClN5O2S. The summed E-state index contributed by atoms with van der Waals surface area (Å²) in [5.74, 6) is 0.478. The number of hydrogen-bond acceptors (Lipinski definition) is 5. The van der Waals surface area contributed by atoms with Crippen LogP contribution in [-0.2, 0) is 10.0 Å². The van der Waals surface area contributed by atoms with Crippen LogP contribution in [0.15, 0.2) is 60.4 Å². The van der Waals surface area contributed by atoms with Gasteiger partial charge in [0, 0.05) is 11.2 Å². The summed E-state index contributed by atoms with van der Waals surface area (Å²) in [6, 6.07) is 12.2. The van der Waals surface area contributed by atoms with Crippen molar-refractivity contribution >= 4 is 33.6 Å². The highest BCUT2D eigenvalue weighted by atomic mass is 35.5. The van der Waals surface area contributed by atoms with E-state index in [0.29, 0.717) is 16.4 Å². The van der Waals surface area contributed by atoms with E-state index in [4.69, 9.17) is 11.6 Å². The van der Waals surface area contributed by atoms with Gasteiger partial charge in [-0.1, -0.05) is 35.9 Å². The number of benzene rings is 1. The summed E-state index contributed by atoms with van der Waals surface area (Å²) in [7, 11) is -3.77. The summed E-state index contributed by atoms with van der Waals surface area (Å²) in [6.45, 7) is 0. The van der Waals surface area contributed by atoms with Crippen LogP contribution in [0.2, 0.25) is 5.02 Å². The van der Waals surface area contributed by atoms with E-state index < -0.39 is 10.0 Å². The van der Waals surface area contributed by atoms with E-state index in [0.717, 1.165) is 5.41 Å². The molecule has 9 heteroatoms. The predicted octanol–water partition coefficient (Wildman–Crippen LogP) is 2.73. The number of nitrogens with one attached hydrogen (secondary N) is 1. The number of nitrogens with zero attached hydrogens (tertiary/aromatic N) is 4. The first kappa shape index (κ1) is 16.2. The normalized spacial score (nSPS) is 11.7. The van der Waals surface area contributed by atoms with Crippen LogP contribution in [0.3, 0.4) is 0 Å². The predicted molar refractivity (Wildman–Crippen MR) is 92.2 cm³/mol. The fourth-order valence-corrected chi connectivity index (χ4v) is 2.78. The lowest BCUT2D eigenvalue weighted by Crippen LogP contribution is -2.10. The average Bonchev–Trinajstić information content (AvgIpc) is 3.03. The molecule has 0 bridgehead atoms. The Balaban J connectivity index is 1.76. The van der Waals surface area contributed by atoms with Crippen molar-refractivity contribution < 1.29 is 8.42 Å². The van der Waals surface area contributed by atoms with Crippen molar-refractivity contribution in [2.24, 2.45) is 0 Å². The van der Waals surface area contributed by atoms with Crippen LogP contribution in [0.1, 0.15) is 5.56 Å². The zero-order valence-electron chi connectivity index (χ0n) is 12.2. The standard InChI is InChI=1S/C15H12ClN5O2S/c16-13-6-2-1-5-12(13)8-10-24(22,23)20-15-18-11-21(19-15)14-7-3-4-9-17-14/h1-11H,(H,19,20)/b10-8+. The summed E-state index contributed by atoms with van der Waals surface area (Å²) in [5.41, 5.74) is 0.594. The Bertz CT molecular complexity index is 970. The van der Waals surface area contributed by atoms with Crippen molar-refractivity contribution in [3.05, 3.63) is 71.0 Å². The molecule has 0 aliphatic heterocycles. The molecule has 0 aliphatic carbocycles. The van der Waals surface area contributed by atoms with Crippen LogP contribution in [0.25, 0.3) is 11.9 Å². The third-order valence-corrected chi connectivity index (χ3v) is 4.25. The number of halogens is 1. The zero-order chi connectivity index (χ0) is 17.0. The third-order valence-electron chi connectivity index (χ3n) is 2.94. The summed E-state index contributed by atoms with van der Waals surface area (Å²) in [4.78, 5) is 8.01. The number of hydrogen-bond donors (Lipinski definition) is 1. The molecule has 1 aromatic carbocycles. The maximum absolute atomic E-state index is 12.1. The molecular weight excluding hydrogens is 350 g/mol. The van der Waals surface area contributed by atoms with Gasteiger partial charge in [-0.05, 0) is 29.8 Å². The maximum atomic E-state index is 12.1. The topological polar surface area (TPSA) is 89.8 Å². The quantitative estimate of drug-likeness (QED) is 0.754. The Morgan fingerprint density at radius 2 is 1.88 bits per heavy atom. The van der Waals surface area contributed by atoms with Gasteiger partial charge in [-0.2, -0.15) is 4.98 Å². The molecule has 0 unspecified atom stereocenters. The highest BCUT2D eigenvalue weighted by Gasteiger charge is 2.10. The van der Waals surface area contributed by atoms with Gasteiger partial charge in [0.15, 0.2) is 5.82 Å². The fourth-order valence-electron chi connectivity index (χ4n) is 1.84. The molecule has 2 aromatic heterocycles. The second-order valence-corrected chi connectivity index (χ2v) is 6.65. The molecule has 7 nitrogen and oxygen atoms in total. The lowest BCUT2D eigenvalue weighted by molar-refractivity contribution is 0.609. The smallest absolute Gasteiger partial charge is 0.246 e. The minimum absolute atomic E-state index is 0.0514. The minimum atomic E-state index is -3.77. The van der Waals surface area contributed by atoms with E-state index >= 15 is 0 Å². The van der Waals surface area contributed by atoms with Crippen molar-refractivity contribution in [1.29, 1.82) is 0 Å². The molecule has 3 rings (SSSR count). The van der Waals surface area contributed by atoms with Crippen LogP contribution in [0, 0.1) is 0 Å². The van der Waals surface area contributed by atoms with E-state index in [2.05, 4.69) is 19.8 Å². The van der Waals surface area contributed by atoms with Crippen LogP contribution in [-0.4, -0.2) is 28.2 Å². The van der Waals surface area contributed by atoms with Crippen molar-refractivity contribution in [1.82, 2.24) is 19.7 Å². The van der Waals surface area contributed by atoms with E-state index in [1.807, 2.05) is 0 Å². The molecule has 0 aliphatic rings. The first-order chi connectivity index (χ1) is 11.5. The van der Waals surface area contributed by atoms with Gasteiger partial charge in [-0.3, -0.25) is 0 Å². The van der Waals surface area contributed by atoms with Crippen molar-refractivity contribution in [2.45, 2.75) is 0 Å². The summed E-state index contributed by atoms with van der Waals surface area (Å²) >= 11 is 5.98. The summed E-state index contributed by atoms with van der Waals surface area (Å²) < 4.78 is 27.8. The van der Waals surface area contributed by atoms with Crippen molar-refractivity contribution in [3.8, 4) is 5.82 Å². The molecule has 0 fully saturated rings. The number of pyridine rings is 1. The second-order valence-electron chi connectivity index (χ2n) is 4.67. The molecule has 1 N–H and O–H groups in total. The van der Waals surface area contributed by atoms with Crippen LogP contribution < -0.4 is 4.72 Å². The Kier molecular flexibility index (Phi) is 4.59. The molecule has 0 saturated carbocycles. The molecule has 24 heavy (non-hydrogen) atoms. The first-order valence-corrected chi connectivity index (χ1v) is 8.74. The Morgan fingerprint density at radius 1 is 1.08 bits per heavy atom. The van der Waals surface area contributed by atoms with Gasteiger partial charge in [0.2, 0.25) is 0 Å². The van der Waals surface area contributed by atoms with Crippen LogP contribution in [0.4, 0.5) is 5.95 Å². The van der Waals surface area contributed by atoms with Gasteiger partial charge in [0.05, 0.1) is 5.41 Å². The molecule has 0 amide bonds. The largest absolute Gasteiger partial charge is 0.257 e. The molecule has 0 atom stereocenters. The van der Waals surface area contributed by atoms with Gasteiger partial charge in [-0.25, -0.2) is 22.8 Å². The number of aromatic nitrogens is 4. The average molecular weight is 362 g/mol. The van der Waals surface area contributed by atoms with E-state index in [1.54, 1.807) is 48.7 Å². The van der Waals surface area contributed by atoms with Crippen molar-refractivity contribution in [2.75, 3.05) is 4.72 Å². The SMILES string of the molecule is O=S(=O)(/C=C/c1ccccc1Cl)Nc1ncn(-c2ccccn2)n1. The third kappa shape index (κ3) is 3.98. The monoisotopic (exact) mass is 361 g/mol. The Morgan fingerprint density at radius 3 is 2.62 bits per heavy atom. The molecule has 0 radical (unpaired) electrons. The number of anilines is 1. The lowest BCUT2D eigenvalue weighted by Gasteiger charge is -2.00. The summed E-state index contributed by atoms with van der Waals surface area (Å²) in [6.07, 6.45) is 4.38. The van der Waals surface area contributed by atoms with E-state index in [9.17, 15) is 8.42 Å². The second kappa shape index (κ2) is 6.81. The van der Waals surface area contributed by atoms with E-state index in [-0.39, 0.29) is 5.95 Å². The van der Waals surface area contributed by atoms with Gasteiger partial charge in [0.1, 0.15) is 6.33 Å². The lowest BCUT2D eigenvalue weighted by atomic mass is 10.2. The molecule has 122 valence electrons. The number of rotatable bonds is 5. The van der Waals surface area contributed by atoms with Gasteiger partial charge in [-0.15, -0.1) is 5.10 Å². The molecule has 2 heterocycles. The maximum Gasteiger partial charge on any atom is 0.257 e. The fraction of sp³-hybridized carbons (Fsp3) is 0. The molecule has 0 spiro atoms. The minimum Gasteiger partial charge on any atom is -0.246 e. The van der Waals surface area contributed by atoms with Crippen LogP contribution >= 0.6 is 11.6 Å². The first-order valence-electron chi connectivity index (χ1n) is 6.82. The van der Waals surface area contributed by atoms with Crippen LogP contribution in [0.5, 0.6) is 0 Å². The summed E-state index contributed by atoms with van der Waals surface area (Å²) in [5, 5.41) is 5.50. The molecule has 0 saturated heterocycles. The zero-order valence-corrected chi connectivity index (χ0v) is 13.8. The van der Waals surface area contributed by atoms with Crippen molar-refractivity contribution in [3.63, 3.8) is 0 Å². The Hall–Kier alpha value is -2.71. The van der Waals surface area contributed by atoms with Gasteiger partial charge >= 0.3 is 0 Å². The van der Waals surface area contributed by atoms with Gasteiger partial charge in [0.25, 0.3) is 16.0 Å². The molecule has 3 aromatic rings. The van der Waals surface area contributed by atoms with Gasteiger partial charge < -0.3 is 0 Å². The Labute approximate surface area is 143 Å². The van der Waals surface area contributed by atoms with E-state index in [1.165, 1.54) is 17.1 Å². The highest BCUT2D eigenvalue weighted by molar-refractivity contribution is 7.95. The number of sulfonamides is 1. The highest BCUT2D eigenvalue weighted by Crippen LogP contribution is 2.17.